The molecule has 108 valence electrons. The Balaban J connectivity index is 2.17. The van der Waals surface area contributed by atoms with Crippen molar-refractivity contribution in [3.63, 3.8) is 0 Å². The summed E-state index contributed by atoms with van der Waals surface area (Å²) in [5.41, 5.74) is 6.81. The highest BCUT2D eigenvalue weighted by Crippen LogP contribution is 2.33. The summed E-state index contributed by atoms with van der Waals surface area (Å²) in [6.45, 7) is 1.14. The van der Waals surface area contributed by atoms with Crippen LogP contribution >= 0.6 is 11.3 Å². The average Bonchev–Trinajstić information content (AvgIpc) is 2.63. The maximum atomic E-state index is 12.6. The van der Waals surface area contributed by atoms with Crippen LogP contribution in [0.5, 0.6) is 0 Å². The van der Waals surface area contributed by atoms with Crippen LogP contribution in [-0.4, -0.2) is 22.6 Å². The van der Waals surface area contributed by atoms with Crippen LogP contribution in [0.25, 0.3) is 10.2 Å². The van der Waals surface area contributed by atoms with E-state index in [-0.39, 0.29) is 5.56 Å². The van der Waals surface area contributed by atoms with Crippen LogP contribution in [0.1, 0.15) is 29.7 Å². The van der Waals surface area contributed by atoms with Crippen LogP contribution in [0.15, 0.2) is 4.79 Å². The molecular weight excluding hydrogens is 272 g/mol. The monoisotopic (exact) mass is 292 g/mol. The van der Waals surface area contributed by atoms with E-state index in [1.54, 1.807) is 23.0 Å². The van der Waals surface area contributed by atoms with E-state index in [1.807, 2.05) is 0 Å². The summed E-state index contributed by atoms with van der Waals surface area (Å²) in [5.74, 6) is 0.615. The molecule has 0 atom stereocenters. The summed E-state index contributed by atoms with van der Waals surface area (Å²) in [5, 5.41) is 3.96. The second-order valence-corrected chi connectivity index (χ2v) is 6.34. The lowest BCUT2D eigenvalue weighted by atomic mass is 10.1. The van der Waals surface area contributed by atoms with Crippen molar-refractivity contribution in [2.45, 2.75) is 32.1 Å². The number of rotatable bonds is 3. The van der Waals surface area contributed by atoms with E-state index >= 15 is 0 Å². The number of aryl methyl sites for hydroxylation is 2. The molecule has 0 aromatic carbocycles. The molecule has 2 heterocycles. The van der Waals surface area contributed by atoms with Gasteiger partial charge in [0.2, 0.25) is 5.95 Å². The maximum absolute atomic E-state index is 12.6. The highest BCUT2D eigenvalue weighted by Gasteiger charge is 2.20. The van der Waals surface area contributed by atoms with Gasteiger partial charge in [0.25, 0.3) is 5.56 Å². The predicted octanol–water partition coefficient (Wildman–Crippen LogP) is 1.63. The van der Waals surface area contributed by atoms with Crippen LogP contribution in [-0.2, 0) is 19.9 Å². The Labute approximate surface area is 121 Å². The summed E-state index contributed by atoms with van der Waals surface area (Å²) in [4.78, 5) is 19.5. The van der Waals surface area contributed by atoms with E-state index in [0.29, 0.717) is 19.0 Å². The van der Waals surface area contributed by atoms with E-state index in [4.69, 9.17) is 5.73 Å². The number of aromatic nitrogens is 2. The van der Waals surface area contributed by atoms with Crippen molar-refractivity contribution in [1.29, 1.82) is 0 Å². The van der Waals surface area contributed by atoms with Crippen molar-refractivity contribution in [3.8, 4) is 0 Å². The fourth-order valence-electron chi connectivity index (χ4n) is 2.80. The molecule has 6 heteroatoms. The van der Waals surface area contributed by atoms with Gasteiger partial charge in [0.05, 0.1) is 5.39 Å². The van der Waals surface area contributed by atoms with Crippen molar-refractivity contribution in [1.82, 2.24) is 9.55 Å². The SMILES string of the molecule is Cn1c(NCCN)nc2sc3c(c2c1=O)CCCCC3. The molecule has 0 unspecified atom stereocenters. The van der Waals surface area contributed by atoms with E-state index in [0.717, 1.165) is 23.1 Å². The molecule has 0 bridgehead atoms. The van der Waals surface area contributed by atoms with Crippen molar-refractivity contribution in [2.24, 2.45) is 12.8 Å². The number of nitrogens with two attached hydrogens (primary N) is 1. The molecule has 2 aromatic heterocycles. The average molecular weight is 292 g/mol. The zero-order valence-electron chi connectivity index (χ0n) is 11.7. The zero-order valence-corrected chi connectivity index (χ0v) is 12.6. The fourth-order valence-corrected chi connectivity index (χ4v) is 4.06. The number of nitrogens with zero attached hydrogens (tertiary/aromatic N) is 2. The Hall–Kier alpha value is -1.40. The minimum absolute atomic E-state index is 0.0638. The quantitative estimate of drug-likeness (QED) is 0.843. The minimum atomic E-state index is 0.0638. The van der Waals surface area contributed by atoms with Gasteiger partial charge in [0.1, 0.15) is 4.83 Å². The molecule has 1 aliphatic rings. The first-order valence-electron chi connectivity index (χ1n) is 7.17. The van der Waals surface area contributed by atoms with Crippen molar-refractivity contribution in [2.75, 3.05) is 18.4 Å². The highest BCUT2D eigenvalue weighted by molar-refractivity contribution is 7.18. The van der Waals surface area contributed by atoms with E-state index in [2.05, 4.69) is 10.3 Å². The number of fused-ring (bicyclic) bond motifs is 3. The first-order valence-corrected chi connectivity index (χ1v) is 7.99. The van der Waals surface area contributed by atoms with Gasteiger partial charge in [-0.25, -0.2) is 4.98 Å². The second kappa shape index (κ2) is 5.54. The third-order valence-corrected chi connectivity index (χ3v) is 5.06. The van der Waals surface area contributed by atoms with Crippen molar-refractivity contribution in [3.05, 3.63) is 20.8 Å². The second-order valence-electron chi connectivity index (χ2n) is 5.26. The van der Waals surface area contributed by atoms with E-state index < -0.39 is 0 Å². The smallest absolute Gasteiger partial charge is 0.263 e. The van der Waals surface area contributed by atoms with Gasteiger partial charge >= 0.3 is 0 Å². The lowest BCUT2D eigenvalue weighted by Gasteiger charge is -2.09. The summed E-state index contributed by atoms with van der Waals surface area (Å²) < 4.78 is 1.61. The van der Waals surface area contributed by atoms with Gasteiger partial charge in [-0.05, 0) is 31.2 Å². The Morgan fingerprint density at radius 3 is 2.95 bits per heavy atom. The molecule has 0 fully saturated rings. The molecule has 3 rings (SSSR count). The Morgan fingerprint density at radius 1 is 1.35 bits per heavy atom. The molecule has 0 spiro atoms. The fraction of sp³-hybridized carbons (Fsp3) is 0.571. The van der Waals surface area contributed by atoms with Crippen LogP contribution in [0.2, 0.25) is 0 Å². The zero-order chi connectivity index (χ0) is 14.1. The third kappa shape index (κ3) is 2.23. The molecule has 0 amide bonds. The Kier molecular flexibility index (Phi) is 3.76. The van der Waals surface area contributed by atoms with Crippen molar-refractivity contribution < 1.29 is 0 Å². The van der Waals surface area contributed by atoms with E-state index in [9.17, 15) is 4.79 Å². The van der Waals surface area contributed by atoms with Gasteiger partial charge in [-0.1, -0.05) is 6.42 Å². The number of nitrogens with one attached hydrogen (secondary N) is 1. The number of thiophene rings is 1. The van der Waals surface area contributed by atoms with Gasteiger partial charge in [0, 0.05) is 25.0 Å². The molecular formula is C14H20N4OS. The summed E-state index contributed by atoms with van der Waals surface area (Å²) >= 11 is 1.69. The molecule has 0 radical (unpaired) electrons. The summed E-state index contributed by atoms with van der Waals surface area (Å²) in [6.07, 6.45) is 5.76. The van der Waals surface area contributed by atoms with Gasteiger partial charge < -0.3 is 11.1 Å². The van der Waals surface area contributed by atoms with Gasteiger partial charge in [-0.15, -0.1) is 11.3 Å². The number of anilines is 1. The summed E-state index contributed by atoms with van der Waals surface area (Å²) in [6, 6.07) is 0. The molecule has 1 aliphatic carbocycles. The normalized spacial score (nSPS) is 15.1. The van der Waals surface area contributed by atoms with Gasteiger partial charge in [-0.3, -0.25) is 9.36 Å². The lowest BCUT2D eigenvalue weighted by molar-refractivity contribution is 0.713. The maximum Gasteiger partial charge on any atom is 0.263 e. The van der Waals surface area contributed by atoms with Crippen LogP contribution in [0, 0.1) is 0 Å². The van der Waals surface area contributed by atoms with Gasteiger partial charge in [0.15, 0.2) is 0 Å². The van der Waals surface area contributed by atoms with Gasteiger partial charge in [-0.2, -0.15) is 0 Å². The predicted molar refractivity (Wildman–Crippen MR) is 83.7 cm³/mol. The molecule has 5 nitrogen and oxygen atoms in total. The topological polar surface area (TPSA) is 72.9 Å². The lowest BCUT2D eigenvalue weighted by Crippen LogP contribution is -2.24. The number of hydrogen-bond donors (Lipinski definition) is 2. The van der Waals surface area contributed by atoms with Crippen LogP contribution < -0.4 is 16.6 Å². The first kappa shape index (κ1) is 13.6. The largest absolute Gasteiger partial charge is 0.354 e. The van der Waals surface area contributed by atoms with Crippen molar-refractivity contribution >= 4 is 27.5 Å². The Morgan fingerprint density at radius 2 is 2.15 bits per heavy atom. The molecule has 2 aromatic rings. The molecule has 0 saturated carbocycles. The highest BCUT2D eigenvalue weighted by atomic mass is 32.1. The van der Waals surface area contributed by atoms with Crippen LogP contribution in [0.3, 0.4) is 0 Å². The Bertz CT molecular complexity index is 689. The molecule has 20 heavy (non-hydrogen) atoms. The number of hydrogen-bond acceptors (Lipinski definition) is 5. The minimum Gasteiger partial charge on any atom is -0.354 e. The molecule has 3 N–H and O–H groups in total. The van der Waals surface area contributed by atoms with Crippen LogP contribution in [0.4, 0.5) is 5.95 Å². The molecule has 0 aliphatic heterocycles. The first-order chi connectivity index (χ1) is 9.72. The third-order valence-electron chi connectivity index (χ3n) is 3.87. The molecule has 0 saturated heterocycles. The standard InChI is InChI=1S/C14H20N4OS/c1-18-13(19)11-9-5-3-2-4-6-10(9)20-12(11)17-14(18)16-8-7-15/h2-8,15H2,1H3,(H,16,17). The summed E-state index contributed by atoms with van der Waals surface area (Å²) in [7, 11) is 1.77. The van der Waals surface area contributed by atoms with E-state index in [1.165, 1.54) is 29.7 Å².